The summed E-state index contributed by atoms with van der Waals surface area (Å²) in [6, 6.07) is 5.45. The molecule has 0 aliphatic carbocycles. The number of hydrogen-bond donors (Lipinski definition) is 0. The second-order valence-corrected chi connectivity index (χ2v) is 6.02. The fourth-order valence-corrected chi connectivity index (χ4v) is 2.28. The Morgan fingerprint density at radius 1 is 1.12 bits per heavy atom. The van der Waals surface area contributed by atoms with Gasteiger partial charge in [-0.25, -0.2) is 8.42 Å². The quantitative estimate of drug-likeness (QED) is 0.793. The van der Waals surface area contributed by atoms with Crippen molar-refractivity contribution in [1.29, 1.82) is 0 Å². The summed E-state index contributed by atoms with van der Waals surface area (Å²) < 4.78 is 58.1. The number of rotatable bonds is 3. The Kier molecular flexibility index (Phi) is 3.85. The second kappa shape index (κ2) is 4.63. The molecule has 90 valence electrons. The molecule has 16 heavy (non-hydrogen) atoms. The molecule has 0 atom stereocenters. The lowest BCUT2D eigenvalue weighted by Crippen LogP contribution is -2.13. The van der Waals surface area contributed by atoms with E-state index in [2.05, 4.69) is 0 Å². The first-order valence-electron chi connectivity index (χ1n) is 4.23. The molecule has 0 spiro atoms. The molecule has 0 bridgehead atoms. The highest BCUT2D eigenvalue weighted by Gasteiger charge is 2.29. The first-order valence-corrected chi connectivity index (χ1v) is 6.71. The molecule has 0 heterocycles. The van der Waals surface area contributed by atoms with Gasteiger partial charge in [0.05, 0.1) is 12.2 Å². The fourth-order valence-electron chi connectivity index (χ4n) is 1.27. The van der Waals surface area contributed by atoms with E-state index >= 15 is 0 Å². The minimum Gasteiger partial charge on any atom is -0.212 e. The molecule has 0 aliphatic rings. The van der Waals surface area contributed by atoms with Gasteiger partial charge >= 0.3 is 6.18 Å². The molecule has 1 aromatic carbocycles. The molecule has 0 saturated carbocycles. The second-order valence-electron chi connectivity index (χ2n) is 3.24. The Hall–Kier alpha value is -0.750. The summed E-state index contributed by atoms with van der Waals surface area (Å²) in [6.07, 6.45) is -5.53. The number of alkyl halides is 3. The van der Waals surface area contributed by atoms with Crippen LogP contribution in [0.5, 0.6) is 0 Å². The van der Waals surface area contributed by atoms with Crippen molar-refractivity contribution in [1.82, 2.24) is 0 Å². The van der Waals surface area contributed by atoms with Crippen LogP contribution in [0, 0.1) is 0 Å². The van der Waals surface area contributed by atoms with Gasteiger partial charge in [-0.1, -0.05) is 24.3 Å². The molecule has 0 fully saturated rings. The summed E-state index contributed by atoms with van der Waals surface area (Å²) in [7, 11) is 1.15. The lowest BCUT2D eigenvalue weighted by molar-refractivity contribution is -0.127. The zero-order valence-electron chi connectivity index (χ0n) is 7.96. The topological polar surface area (TPSA) is 34.1 Å². The van der Waals surface area contributed by atoms with E-state index in [0.29, 0.717) is 0 Å². The van der Waals surface area contributed by atoms with Gasteiger partial charge in [-0.15, -0.1) is 0 Å². The maximum absolute atomic E-state index is 12.2. The van der Waals surface area contributed by atoms with Gasteiger partial charge in [0.1, 0.15) is 0 Å². The molecular formula is C9H8ClF3O2S. The minimum atomic E-state index is -4.37. The van der Waals surface area contributed by atoms with Crippen molar-refractivity contribution in [2.75, 3.05) is 0 Å². The van der Waals surface area contributed by atoms with Gasteiger partial charge in [0.25, 0.3) is 0 Å². The molecule has 0 radical (unpaired) electrons. The van der Waals surface area contributed by atoms with Crippen LogP contribution in [0.25, 0.3) is 0 Å². The van der Waals surface area contributed by atoms with Gasteiger partial charge in [-0.2, -0.15) is 13.2 Å². The highest BCUT2D eigenvalue weighted by molar-refractivity contribution is 8.13. The van der Waals surface area contributed by atoms with E-state index < -0.39 is 27.4 Å². The monoisotopic (exact) mass is 272 g/mol. The van der Waals surface area contributed by atoms with E-state index in [-0.39, 0.29) is 11.1 Å². The highest BCUT2D eigenvalue weighted by Crippen LogP contribution is 2.24. The fraction of sp³-hybridized carbons (Fsp3) is 0.333. The van der Waals surface area contributed by atoms with Gasteiger partial charge in [0.15, 0.2) is 0 Å². The number of halogens is 4. The van der Waals surface area contributed by atoms with Crippen molar-refractivity contribution < 1.29 is 21.6 Å². The molecule has 0 N–H and O–H groups in total. The van der Waals surface area contributed by atoms with E-state index in [1.54, 1.807) is 0 Å². The Bertz CT molecular complexity index is 468. The normalized spacial score (nSPS) is 12.8. The Balaban J connectivity index is 3.01. The summed E-state index contributed by atoms with van der Waals surface area (Å²) in [6.45, 7) is 0. The predicted octanol–water partition coefficient (Wildman–Crippen LogP) is 2.86. The summed E-state index contributed by atoms with van der Waals surface area (Å²) in [4.78, 5) is 0. The standard InChI is InChI=1S/C9H8ClF3O2S/c10-16(14,15)6-8-4-2-1-3-7(8)5-9(11,12)13/h1-4H,5-6H2. The van der Waals surface area contributed by atoms with Gasteiger partial charge in [0.2, 0.25) is 9.05 Å². The van der Waals surface area contributed by atoms with Crippen LogP contribution >= 0.6 is 10.7 Å². The zero-order valence-corrected chi connectivity index (χ0v) is 9.53. The zero-order chi connectivity index (χ0) is 12.4. The van der Waals surface area contributed by atoms with Gasteiger partial charge in [-0.05, 0) is 11.1 Å². The van der Waals surface area contributed by atoms with Gasteiger partial charge in [-0.3, -0.25) is 0 Å². The van der Waals surface area contributed by atoms with Crippen LogP contribution in [0.3, 0.4) is 0 Å². The predicted molar refractivity (Wildman–Crippen MR) is 54.7 cm³/mol. The van der Waals surface area contributed by atoms with Crippen molar-refractivity contribution in [3.05, 3.63) is 35.4 Å². The molecule has 1 rings (SSSR count). The molecule has 0 unspecified atom stereocenters. The number of benzene rings is 1. The van der Waals surface area contributed by atoms with Crippen LogP contribution in [0.1, 0.15) is 11.1 Å². The van der Waals surface area contributed by atoms with Crippen LogP contribution in [-0.4, -0.2) is 14.6 Å². The van der Waals surface area contributed by atoms with E-state index in [1.165, 1.54) is 24.3 Å². The highest BCUT2D eigenvalue weighted by atomic mass is 35.7. The average molecular weight is 273 g/mol. The smallest absolute Gasteiger partial charge is 0.212 e. The average Bonchev–Trinajstić information content (AvgIpc) is 2.03. The third-order valence-corrected chi connectivity index (χ3v) is 2.82. The molecular weight excluding hydrogens is 265 g/mol. The van der Waals surface area contributed by atoms with E-state index in [4.69, 9.17) is 10.7 Å². The minimum absolute atomic E-state index is 0.0702. The first-order chi connectivity index (χ1) is 7.17. The molecule has 0 aromatic heterocycles. The third kappa shape index (κ3) is 4.85. The van der Waals surface area contributed by atoms with Crippen molar-refractivity contribution in [2.24, 2.45) is 0 Å². The molecule has 7 heteroatoms. The summed E-state index contributed by atoms with van der Waals surface area (Å²) in [5, 5.41) is 0. The van der Waals surface area contributed by atoms with E-state index in [0.717, 1.165) is 0 Å². The van der Waals surface area contributed by atoms with Crippen molar-refractivity contribution in [3.8, 4) is 0 Å². The van der Waals surface area contributed by atoms with E-state index in [1.807, 2.05) is 0 Å². The summed E-state index contributed by atoms with van der Waals surface area (Å²) in [5.74, 6) is -0.596. The molecule has 2 nitrogen and oxygen atoms in total. The van der Waals surface area contributed by atoms with Crippen LogP contribution in [0.4, 0.5) is 13.2 Å². The van der Waals surface area contributed by atoms with Crippen LogP contribution in [0.15, 0.2) is 24.3 Å². The Morgan fingerprint density at radius 2 is 1.62 bits per heavy atom. The Morgan fingerprint density at radius 3 is 2.06 bits per heavy atom. The van der Waals surface area contributed by atoms with Crippen molar-refractivity contribution in [2.45, 2.75) is 18.3 Å². The maximum Gasteiger partial charge on any atom is 0.393 e. The first kappa shape index (κ1) is 13.3. The van der Waals surface area contributed by atoms with Crippen LogP contribution < -0.4 is 0 Å². The molecule has 0 aliphatic heterocycles. The van der Waals surface area contributed by atoms with Crippen molar-refractivity contribution in [3.63, 3.8) is 0 Å². The summed E-state index contributed by atoms with van der Waals surface area (Å²) >= 11 is 0. The number of hydrogen-bond acceptors (Lipinski definition) is 2. The maximum atomic E-state index is 12.2. The van der Waals surface area contributed by atoms with Crippen LogP contribution in [-0.2, 0) is 21.2 Å². The largest absolute Gasteiger partial charge is 0.393 e. The summed E-state index contributed by atoms with van der Waals surface area (Å²) in [5.41, 5.74) is 0.00838. The van der Waals surface area contributed by atoms with Gasteiger partial charge < -0.3 is 0 Å². The SMILES string of the molecule is O=S(=O)(Cl)Cc1ccccc1CC(F)(F)F. The third-order valence-electron chi connectivity index (χ3n) is 1.84. The lowest BCUT2D eigenvalue weighted by Gasteiger charge is -2.10. The van der Waals surface area contributed by atoms with Gasteiger partial charge in [0, 0.05) is 10.7 Å². The lowest BCUT2D eigenvalue weighted by atomic mass is 10.1. The van der Waals surface area contributed by atoms with Crippen molar-refractivity contribution >= 4 is 19.7 Å². The van der Waals surface area contributed by atoms with E-state index in [9.17, 15) is 21.6 Å². The van der Waals surface area contributed by atoms with Crippen LogP contribution in [0.2, 0.25) is 0 Å². The molecule has 1 aromatic rings. The molecule has 0 saturated heterocycles. The Labute approximate surface area is 95.5 Å². The molecule has 0 amide bonds.